The van der Waals surface area contributed by atoms with Gasteiger partial charge in [-0.2, -0.15) is 4.80 Å². The molecule has 0 fully saturated rings. The molecule has 6 nitrogen and oxygen atoms in total. The van der Waals surface area contributed by atoms with Crippen LogP contribution in [0.25, 0.3) is 0 Å². The maximum Gasteiger partial charge on any atom is 0.176 e. The van der Waals surface area contributed by atoms with Crippen LogP contribution in [0.3, 0.4) is 0 Å². The second-order valence-corrected chi connectivity index (χ2v) is 4.18. The van der Waals surface area contributed by atoms with Crippen LogP contribution in [-0.2, 0) is 19.9 Å². The van der Waals surface area contributed by atoms with Crippen LogP contribution < -0.4 is 11.3 Å². The Hall–Kier alpha value is -1.93. The van der Waals surface area contributed by atoms with Crippen LogP contribution in [0.4, 0.5) is 8.78 Å². The number of benzene rings is 1. The van der Waals surface area contributed by atoms with Crippen molar-refractivity contribution in [3.05, 3.63) is 41.2 Å². The number of halogens is 2. The molecule has 0 aliphatic carbocycles. The van der Waals surface area contributed by atoms with Crippen LogP contribution in [0.1, 0.15) is 11.4 Å². The summed E-state index contributed by atoms with van der Waals surface area (Å²) in [6, 6.07) is 3.75. The fourth-order valence-electron chi connectivity index (χ4n) is 1.79. The van der Waals surface area contributed by atoms with Gasteiger partial charge in [-0.05, 0) is 23.3 Å². The number of nitrogens with zero attached hydrogens (tertiary/aromatic N) is 4. The first-order valence-corrected chi connectivity index (χ1v) is 5.72. The highest BCUT2D eigenvalue weighted by Gasteiger charge is 2.16. The predicted octanol–water partition coefficient (Wildman–Crippen LogP) is 0.105. The fraction of sp³-hybridized carbons (Fsp3) is 0.364. The van der Waals surface area contributed by atoms with Crippen molar-refractivity contribution in [2.24, 2.45) is 12.9 Å². The van der Waals surface area contributed by atoms with E-state index in [1.165, 1.54) is 16.9 Å². The van der Waals surface area contributed by atoms with Crippen LogP contribution in [0.2, 0.25) is 0 Å². The largest absolute Gasteiger partial charge is 0.271 e. The Kier molecular flexibility index (Phi) is 4.13. The lowest BCUT2D eigenvalue weighted by Gasteiger charge is -2.14. The minimum Gasteiger partial charge on any atom is -0.271 e. The van der Waals surface area contributed by atoms with Gasteiger partial charge >= 0.3 is 0 Å². The van der Waals surface area contributed by atoms with Gasteiger partial charge in [0.15, 0.2) is 17.5 Å². The number of aryl methyl sites for hydroxylation is 1. The topological polar surface area (TPSA) is 81.7 Å². The van der Waals surface area contributed by atoms with Crippen LogP contribution in [0.15, 0.2) is 18.2 Å². The smallest absolute Gasteiger partial charge is 0.176 e. The zero-order valence-corrected chi connectivity index (χ0v) is 10.3. The summed E-state index contributed by atoms with van der Waals surface area (Å²) in [7, 11) is 1.65. The summed E-state index contributed by atoms with van der Waals surface area (Å²) in [6.45, 7) is 0. The van der Waals surface area contributed by atoms with E-state index < -0.39 is 11.6 Å². The average Bonchev–Trinajstić information content (AvgIpc) is 2.79. The highest BCUT2D eigenvalue weighted by molar-refractivity contribution is 5.20. The third kappa shape index (κ3) is 3.30. The number of hydrogen-bond donors (Lipinski definition) is 2. The minimum absolute atomic E-state index is 0.234. The molecule has 102 valence electrons. The van der Waals surface area contributed by atoms with Gasteiger partial charge in [-0.3, -0.25) is 11.3 Å². The Balaban J connectivity index is 2.08. The monoisotopic (exact) mass is 268 g/mol. The Labute approximate surface area is 108 Å². The molecule has 8 heteroatoms. The summed E-state index contributed by atoms with van der Waals surface area (Å²) < 4.78 is 26.6. The fourth-order valence-corrected chi connectivity index (χ4v) is 1.79. The maximum absolute atomic E-state index is 13.5. The molecule has 0 amide bonds. The molecule has 0 saturated carbocycles. The van der Waals surface area contributed by atoms with Crippen molar-refractivity contribution in [1.29, 1.82) is 0 Å². The Morgan fingerprint density at radius 2 is 2.16 bits per heavy atom. The number of nitrogens with two attached hydrogens (primary N) is 1. The number of aromatic nitrogens is 4. The first-order chi connectivity index (χ1) is 9.10. The van der Waals surface area contributed by atoms with E-state index in [4.69, 9.17) is 5.84 Å². The van der Waals surface area contributed by atoms with Crippen molar-refractivity contribution in [3.8, 4) is 0 Å². The van der Waals surface area contributed by atoms with Crippen molar-refractivity contribution in [2.75, 3.05) is 0 Å². The summed E-state index contributed by atoms with van der Waals surface area (Å²) in [5, 5.41) is 11.5. The molecule has 0 aliphatic heterocycles. The molecule has 2 rings (SSSR count). The summed E-state index contributed by atoms with van der Waals surface area (Å²) in [6.07, 6.45) is 0.610. The molecule has 1 aromatic carbocycles. The number of nitrogens with one attached hydrogen (secondary N) is 1. The van der Waals surface area contributed by atoms with E-state index >= 15 is 0 Å². The van der Waals surface area contributed by atoms with Gasteiger partial charge in [0.05, 0.1) is 7.05 Å². The van der Waals surface area contributed by atoms with Gasteiger partial charge in [0, 0.05) is 12.5 Å². The Morgan fingerprint density at radius 1 is 1.37 bits per heavy atom. The molecule has 0 spiro atoms. The molecule has 1 heterocycles. The second kappa shape index (κ2) is 5.81. The number of rotatable bonds is 5. The molecular formula is C11H14F2N6. The minimum atomic E-state index is -0.870. The van der Waals surface area contributed by atoms with Gasteiger partial charge in [-0.1, -0.05) is 12.1 Å². The molecule has 0 saturated heterocycles. The molecule has 0 aliphatic rings. The molecule has 19 heavy (non-hydrogen) atoms. The normalized spacial score (nSPS) is 12.6. The van der Waals surface area contributed by atoms with E-state index in [1.807, 2.05) is 0 Å². The number of tetrazole rings is 1. The van der Waals surface area contributed by atoms with E-state index in [0.717, 1.165) is 6.07 Å². The SMILES string of the molecule is Cn1nnc(CC(Cc2cccc(F)c2F)NN)n1. The number of hydrogen-bond acceptors (Lipinski definition) is 5. The summed E-state index contributed by atoms with van der Waals surface area (Å²) in [5.74, 6) is 4.18. The van der Waals surface area contributed by atoms with E-state index in [0.29, 0.717) is 12.2 Å². The van der Waals surface area contributed by atoms with Gasteiger partial charge in [-0.25, -0.2) is 8.78 Å². The maximum atomic E-state index is 13.5. The summed E-state index contributed by atoms with van der Waals surface area (Å²) >= 11 is 0. The van der Waals surface area contributed by atoms with E-state index in [2.05, 4.69) is 20.8 Å². The van der Waals surface area contributed by atoms with Crippen molar-refractivity contribution >= 4 is 0 Å². The van der Waals surface area contributed by atoms with E-state index in [-0.39, 0.29) is 18.0 Å². The van der Waals surface area contributed by atoms with Crippen molar-refractivity contribution in [3.63, 3.8) is 0 Å². The zero-order chi connectivity index (χ0) is 13.8. The van der Waals surface area contributed by atoms with E-state index in [1.54, 1.807) is 7.05 Å². The quantitative estimate of drug-likeness (QED) is 0.594. The van der Waals surface area contributed by atoms with Crippen molar-refractivity contribution in [2.45, 2.75) is 18.9 Å². The molecule has 1 unspecified atom stereocenters. The lowest BCUT2D eigenvalue weighted by Crippen LogP contribution is -2.39. The number of hydrazine groups is 1. The highest BCUT2D eigenvalue weighted by atomic mass is 19.2. The van der Waals surface area contributed by atoms with Crippen LogP contribution in [-0.4, -0.2) is 26.2 Å². The molecular weight excluding hydrogens is 254 g/mol. The first kappa shape index (κ1) is 13.5. The van der Waals surface area contributed by atoms with Gasteiger partial charge in [0.25, 0.3) is 0 Å². The lowest BCUT2D eigenvalue weighted by molar-refractivity contribution is 0.469. The van der Waals surface area contributed by atoms with Crippen LogP contribution in [0, 0.1) is 11.6 Å². The standard InChI is InChI=1S/C11H14F2N6/c1-19-17-10(16-18-19)6-8(15-14)5-7-3-2-4-9(12)11(7)13/h2-4,8,15H,5-6,14H2,1H3. The third-order valence-corrected chi connectivity index (χ3v) is 2.71. The van der Waals surface area contributed by atoms with Gasteiger partial charge < -0.3 is 0 Å². The van der Waals surface area contributed by atoms with Crippen LogP contribution in [0.5, 0.6) is 0 Å². The van der Waals surface area contributed by atoms with Crippen molar-refractivity contribution in [1.82, 2.24) is 25.6 Å². The first-order valence-electron chi connectivity index (χ1n) is 5.72. The Morgan fingerprint density at radius 3 is 2.79 bits per heavy atom. The Bertz CT molecular complexity index is 556. The zero-order valence-electron chi connectivity index (χ0n) is 10.3. The van der Waals surface area contributed by atoms with Gasteiger partial charge in [0.1, 0.15) is 0 Å². The van der Waals surface area contributed by atoms with Crippen LogP contribution >= 0.6 is 0 Å². The predicted molar refractivity (Wildman–Crippen MR) is 63.7 cm³/mol. The summed E-state index contributed by atoms with van der Waals surface area (Å²) in [4.78, 5) is 1.33. The van der Waals surface area contributed by atoms with Gasteiger partial charge in [0.2, 0.25) is 0 Å². The van der Waals surface area contributed by atoms with E-state index in [9.17, 15) is 8.78 Å². The molecule has 1 aromatic heterocycles. The average molecular weight is 268 g/mol. The molecule has 0 bridgehead atoms. The molecule has 1 atom stereocenters. The molecule has 2 aromatic rings. The second-order valence-electron chi connectivity index (χ2n) is 4.18. The van der Waals surface area contributed by atoms with Gasteiger partial charge in [-0.15, -0.1) is 10.2 Å². The third-order valence-electron chi connectivity index (χ3n) is 2.71. The molecule has 3 N–H and O–H groups in total. The highest BCUT2D eigenvalue weighted by Crippen LogP contribution is 2.14. The van der Waals surface area contributed by atoms with Crippen molar-refractivity contribution < 1.29 is 8.78 Å². The lowest BCUT2D eigenvalue weighted by atomic mass is 10.0. The molecule has 0 radical (unpaired) electrons. The summed E-state index contributed by atoms with van der Waals surface area (Å²) in [5.41, 5.74) is 2.81.